The standard InChI is InChI=1S/C18H27N5O.HI/c1-3-24-13-7-10-20-18(19-2)21-14-16-8-4-5-9-17(16)15-23-12-6-11-22-23;/h4-6,8-9,11-12H,3,7,10,13-15H2,1-2H3,(H2,19,20,21);1H. The number of rotatable bonds is 9. The Balaban J connectivity index is 0.00000312. The zero-order valence-corrected chi connectivity index (χ0v) is 17.3. The zero-order chi connectivity index (χ0) is 17.0. The SMILES string of the molecule is CCOCCCNC(=NC)NCc1ccccc1Cn1cccn1.I. The molecular formula is C18H28IN5O. The van der Waals surface area contributed by atoms with Crippen LogP contribution in [0.25, 0.3) is 0 Å². The van der Waals surface area contributed by atoms with E-state index < -0.39 is 0 Å². The lowest BCUT2D eigenvalue weighted by Gasteiger charge is -2.14. The van der Waals surface area contributed by atoms with Gasteiger partial charge >= 0.3 is 0 Å². The van der Waals surface area contributed by atoms with Gasteiger partial charge in [-0.15, -0.1) is 24.0 Å². The summed E-state index contributed by atoms with van der Waals surface area (Å²) in [6, 6.07) is 10.3. The smallest absolute Gasteiger partial charge is 0.191 e. The molecule has 0 aliphatic carbocycles. The van der Waals surface area contributed by atoms with Crippen LogP contribution < -0.4 is 10.6 Å². The van der Waals surface area contributed by atoms with Crippen molar-refractivity contribution in [3.63, 3.8) is 0 Å². The summed E-state index contributed by atoms with van der Waals surface area (Å²) in [7, 11) is 1.79. The number of hydrogen-bond donors (Lipinski definition) is 2. The molecule has 1 aromatic heterocycles. The van der Waals surface area contributed by atoms with E-state index in [-0.39, 0.29) is 24.0 Å². The van der Waals surface area contributed by atoms with Crippen LogP contribution in [-0.2, 0) is 17.8 Å². The van der Waals surface area contributed by atoms with Crippen LogP contribution in [0.15, 0.2) is 47.7 Å². The van der Waals surface area contributed by atoms with Crippen molar-refractivity contribution in [3.8, 4) is 0 Å². The van der Waals surface area contributed by atoms with Crippen LogP contribution >= 0.6 is 24.0 Å². The van der Waals surface area contributed by atoms with Gasteiger partial charge in [-0.2, -0.15) is 5.10 Å². The van der Waals surface area contributed by atoms with E-state index in [4.69, 9.17) is 4.74 Å². The van der Waals surface area contributed by atoms with Gasteiger partial charge in [-0.05, 0) is 30.5 Å². The summed E-state index contributed by atoms with van der Waals surface area (Å²) in [5, 5.41) is 10.9. The molecule has 0 bridgehead atoms. The summed E-state index contributed by atoms with van der Waals surface area (Å²) < 4.78 is 7.27. The van der Waals surface area contributed by atoms with Gasteiger partial charge in [-0.25, -0.2) is 0 Å². The van der Waals surface area contributed by atoms with Gasteiger partial charge in [-0.1, -0.05) is 24.3 Å². The van der Waals surface area contributed by atoms with Crippen molar-refractivity contribution >= 4 is 29.9 Å². The molecule has 0 unspecified atom stereocenters. The van der Waals surface area contributed by atoms with Gasteiger partial charge in [0.2, 0.25) is 0 Å². The fourth-order valence-corrected chi connectivity index (χ4v) is 2.38. The number of ether oxygens (including phenoxy) is 1. The third-order valence-corrected chi connectivity index (χ3v) is 3.64. The van der Waals surface area contributed by atoms with E-state index in [1.807, 2.05) is 23.9 Å². The van der Waals surface area contributed by atoms with E-state index in [9.17, 15) is 0 Å². The Labute approximate surface area is 167 Å². The highest BCUT2D eigenvalue weighted by molar-refractivity contribution is 14.0. The maximum atomic E-state index is 5.34. The third-order valence-electron chi connectivity index (χ3n) is 3.64. The molecule has 0 aliphatic rings. The lowest BCUT2D eigenvalue weighted by atomic mass is 10.1. The average molecular weight is 457 g/mol. The fourth-order valence-electron chi connectivity index (χ4n) is 2.38. The first-order valence-electron chi connectivity index (χ1n) is 8.40. The highest BCUT2D eigenvalue weighted by Crippen LogP contribution is 2.10. The van der Waals surface area contributed by atoms with Crippen molar-refractivity contribution in [2.75, 3.05) is 26.8 Å². The highest BCUT2D eigenvalue weighted by Gasteiger charge is 2.04. The van der Waals surface area contributed by atoms with Crippen LogP contribution in [0.1, 0.15) is 24.5 Å². The Hall–Kier alpha value is -1.61. The van der Waals surface area contributed by atoms with Crippen molar-refractivity contribution in [2.24, 2.45) is 4.99 Å². The molecule has 2 aromatic rings. The van der Waals surface area contributed by atoms with E-state index in [0.717, 1.165) is 45.2 Å². The average Bonchev–Trinajstić information content (AvgIpc) is 3.11. The first kappa shape index (κ1) is 21.4. The summed E-state index contributed by atoms with van der Waals surface area (Å²) in [5.41, 5.74) is 2.49. The van der Waals surface area contributed by atoms with Gasteiger partial charge in [-0.3, -0.25) is 9.67 Å². The molecule has 25 heavy (non-hydrogen) atoms. The van der Waals surface area contributed by atoms with Crippen molar-refractivity contribution < 1.29 is 4.74 Å². The van der Waals surface area contributed by atoms with Gasteiger partial charge in [0.25, 0.3) is 0 Å². The molecule has 0 aliphatic heterocycles. The van der Waals surface area contributed by atoms with Crippen LogP contribution in [-0.4, -0.2) is 42.5 Å². The first-order chi connectivity index (χ1) is 11.8. The normalized spacial score (nSPS) is 11.0. The quantitative estimate of drug-likeness (QED) is 0.263. The number of nitrogens with zero attached hydrogens (tertiary/aromatic N) is 3. The predicted octanol–water partition coefficient (Wildman–Crippen LogP) is 2.64. The van der Waals surface area contributed by atoms with E-state index in [1.165, 1.54) is 11.1 Å². The van der Waals surface area contributed by atoms with Crippen LogP contribution in [0.4, 0.5) is 0 Å². The topological polar surface area (TPSA) is 63.5 Å². The Morgan fingerprint density at radius 1 is 1.20 bits per heavy atom. The molecule has 0 amide bonds. The number of guanidine groups is 1. The van der Waals surface area contributed by atoms with Crippen LogP contribution in [0.5, 0.6) is 0 Å². The Morgan fingerprint density at radius 2 is 2.00 bits per heavy atom. The Bertz CT molecular complexity index is 616. The largest absolute Gasteiger partial charge is 0.382 e. The summed E-state index contributed by atoms with van der Waals surface area (Å²) in [6.45, 7) is 5.88. The van der Waals surface area contributed by atoms with Crippen molar-refractivity contribution in [2.45, 2.75) is 26.4 Å². The van der Waals surface area contributed by atoms with Crippen molar-refractivity contribution in [1.29, 1.82) is 0 Å². The van der Waals surface area contributed by atoms with Gasteiger partial charge in [0.15, 0.2) is 5.96 Å². The number of benzene rings is 1. The molecule has 2 N–H and O–H groups in total. The molecule has 1 heterocycles. The molecule has 2 rings (SSSR count). The zero-order valence-electron chi connectivity index (χ0n) is 14.9. The molecule has 1 aromatic carbocycles. The lowest BCUT2D eigenvalue weighted by molar-refractivity contribution is 0.145. The van der Waals surface area contributed by atoms with Gasteiger partial charge in [0, 0.05) is 45.7 Å². The predicted molar refractivity (Wildman–Crippen MR) is 112 cm³/mol. The number of hydrogen-bond acceptors (Lipinski definition) is 3. The minimum absolute atomic E-state index is 0. The van der Waals surface area contributed by atoms with Gasteiger partial charge in [0.1, 0.15) is 0 Å². The van der Waals surface area contributed by atoms with Crippen LogP contribution in [0.3, 0.4) is 0 Å². The second-order valence-electron chi connectivity index (χ2n) is 5.38. The molecule has 0 atom stereocenters. The van der Waals surface area contributed by atoms with E-state index in [0.29, 0.717) is 0 Å². The van der Waals surface area contributed by atoms with Crippen molar-refractivity contribution in [3.05, 3.63) is 53.9 Å². The maximum Gasteiger partial charge on any atom is 0.191 e. The summed E-state index contributed by atoms with van der Waals surface area (Å²) in [4.78, 5) is 4.26. The molecule has 138 valence electrons. The fraction of sp³-hybridized carbons (Fsp3) is 0.444. The van der Waals surface area contributed by atoms with Gasteiger partial charge in [0.05, 0.1) is 6.54 Å². The highest BCUT2D eigenvalue weighted by atomic mass is 127. The van der Waals surface area contributed by atoms with E-state index in [1.54, 1.807) is 13.2 Å². The first-order valence-corrected chi connectivity index (χ1v) is 8.40. The minimum Gasteiger partial charge on any atom is -0.382 e. The number of nitrogens with one attached hydrogen (secondary N) is 2. The van der Waals surface area contributed by atoms with E-state index in [2.05, 4.69) is 45.0 Å². The molecule has 0 radical (unpaired) electrons. The third kappa shape index (κ3) is 7.87. The minimum atomic E-state index is 0. The van der Waals surface area contributed by atoms with Gasteiger partial charge < -0.3 is 15.4 Å². The second kappa shape index (κ2) is 12.7. The monoisotopic (exact) mass is 457 g/mol. The van der Waals surface area contributed by atoms with Crippen LogP contribution in [0.2, 0.25) is 0 Å². The maximum absolute atomic E-state index is 5.34. The Kier molecular flexibility index (Phi) is 10.9. The molecule has 6 nitrogen and oxygen atoms in total. The molecule has 0 fully saturated rings. The number of halogens is 1. The molecule has 7 heteroatoms. The summed E-state index contributed by atoms with van der Waals surface area (Å²) >= 11 is 0. The Morgan fingerprint density at radius 3 is 2.68 bits per heavy atom. The summed E-state index contributed by atoms with van der Waals surface area (Å²) in [6.07, 6.45) is 4.74. The molecular weight excluding hydrogens is 429 g/mol. The second-order valence-corrected chi connectivity index (χ2v) is 5.38. The summed E-state index contributed by atoms with van der Waals surface area (Å²) in [5.74, 6) is 0.806. The number of aliphatic imine (C=N–C) groups is 1. The van der Waals surface area contributed by atoms with Crippen molar-refractivity contribution in [1.82, 2.24) is 20.4 Å². The molecule has 0 saturated heterocycles. The van der Waals surface area contributed by atoms with E-state index >= 15 is 0 Å². The number of aromatic nitrogens is 2. The molecule has 0 spiro atoms. The lowest BCUT2D eigenvalue weighted by Crippen LogP contribution is -2.37. The van der Waals surface area contributed by atoms with Crippen LogP contribution in [0, 0.1) is 0 Å². The molecule has 0 saturated carbocycles.